The number of benzene rings is 1. The molecule has 1 fully saturated rings. The lowest BCUT2D eigenvalue weighted by molar-refractivity contribution is 0.0934. The predicted molar refractivity (Wildman–Crippen MR) is 99.7 cm³/mol. The summed E-state index contributed by atoms with van der Waals surface area (Å²) in [6, 6.07) is 11.6. The molecular formula is C20H26N4O. The van der Waals surface area contributed by atoms with E-state index in [0.29, 0.717) is 17.6 Å². The second-order valence-corrected chi connectivity index (χ2v) is 6.99. The van der Waals surface area contributed by atoms with E-state index in [-0.39, 0.29) is 11.9 Å². The Morgan fingerprint density at radius 3 is 2.76 bits per heavy atom. The Morgan fingerprint density at radius 2 is 2.04 bits per heavy atom. The highest BCUT2D eigenvalue weighted by molar-refractivity contribution is 5.92. The summed E-state index contributed by atoms with van der Waals surface area (Å²) >= 11 is 0. The van der Waals surface area contributed by atoms with E-state index in [9.17, 15) is 4.79 Å². The van der Waals surface area contributed by atoms with Crippen molar-refractivity contribution in [1.82, 2.24) is 15.3 Å². The normalized spacial score (nSPS) is 18.7. The van der Waals surface area contributed by atoms with Crippen LogP contribution >= 0.6 is 0 Å². The molecule has 0 spiro atoms. The molecule has 0 aliphatic carbocycles. The largest absolute Gasteiger partial charge is 0.344 e. The van der Waals surface area contributed by atoms with Crippen LogP contribution in [0.4, 0.5) is 5.95 Å². The monoisotopic (exact) mass is 338 g/mol. The van der Waals surface area contributed by atoms with E-state index in [1.54, 1.807) is 6.07 Å². The molecular weight excluding hydrogens is 312 g/mol. The molecule has 2 atom stereocenters. The number of rotatable bonds is 4. The lowest BCUT2D eigenvalue weighted by Gasteiger charge is -2.31. The molecule has 0 bridgehead atoms. The Labute approximate surface area is 149 Å². The molecule has 1 N–H and O–H groups in total. The van der Waals surface area contributed by atoms with Crippen LogP contribution in [0, 0.1) is 12.8 Å². The molecule has 1 aromatic carbocycles. The number of carbonyl (C=O) groups is 1. The SMILES string of the molecule is Cc1cc(C(=O)NC(C)c2ccccc2)nc(N2CCCC(C)C2)n1. The van der Waals surface area contributed by atoms with Crippen LogP contribution in [-0.4, -0.2) is 29.0 Å². The molecule has 5 heteroatoms. The van der Waals surface area contributed by atoms with E-state index in [1.165, 1.54) is 6.42 Å². The highest BCUT2D eigenvalue weighted by Gasteiger charge is 2.21. The molecule has 5 nitrogen and oxygen atoms in total. The van der Waals surface area contributed by atoms with Gasteiger partial charge >= 0.3 is 0 Å². The first-order valence-corrected chi connectivity index (χ1v) is 8.99. The van der Waals surface area contributed by atoms with Gasteiger partial charge < -0.3 is 10.2 Å². The van der Waals surface area contributed by atoms with Gasteiger partial charge in [0, 0.05) is 18.8 Å². The predicted octanol–water partition coefficient (Wildman–Crippen LogP) is 3.51. The number of aromatic nitrogens is 2. The maximum absolute atomic E-state index is 12.7. The van der Waals surface area contributed by atoms with Crippen LogP contribution in [0.5, 0.6) is 0 Å². The average molecular weight is 338 g/mol. The fourth-order valence-electron chi connectivity index (χ4n) is 3.28. The highest BCUT2D eigenvalue weighted by atomic mass is 16.1. The Balaban J connectivity index is 1.76. The van der Waals surface area contributed by atoms with Crippen LogP contribution in [0.3, 0.4) is 0 Å². The molecule has 1 aromatic heterocycles. The first-order chi connectivity index (χ1) is 12.0. The van der Waals surface area contributed by atoms with E-state index in [2.05, 4.69) is 27.1 Å². The maximum atomic E-state index is 12.7. The smallest absolute Gasteiger partial charge is 0.270 e. The number of carbonyl (C=O) groups excluding carboxylic acids is 1. The third-order valence-corrected chi connectivity index (χ3v) is 4.66. The molecule has 2 unspecified atom stereocenters. The molecule has 1 saturated heterocycles. The van der Waals surface area contributed by atoms with Crippen LogP contribution < -0.4 is 10.2 Å². The lowest BCUT2D eigenvalue weighted by atomic mass is 10.0. The summed E-state index contributed by atoms with van der Waals surface area (Å²) in [5.74, 6) is 1.14. The van der Waals surface area contributed by atoms with Crippen molar-refractivity contribution >= 4 is 11.9 Å². The first kappa shape index (κ1) is 17.4. The Hall–Kier alpha value is -2.43. The van der Waals surface area contributed by atoms with Crippen molar-refractivity contribution in [2.75, 3.05) is 18.0 Å². The van der Waals surface area contributed by atoms with Crippen molar-refractivity contribution in [3.8, 4) is 0 Å². The third-order valence-electron chi connectivity index (χ3n) is 4.66. The van der Waals surface area contributed by atoms with Gasteiger partial charge in [-0.05, 0) is 44.2 Å². The Morgan fingerprint density at radius 1 is 1.28 bits per heavy atom. The molecule has 1 aliphatic heterocycles. The quantitative estimate of drug-likeness (QED) is 0.927. The second kappa shape index (κ2) is 7.64. The Bertz CT molecular complexity index is 732. The fraction of sp³-hybridized carbons (Fsp3) is 0.450. The van der Waals surface area contributed by atoms with Gasteiger partial charge in [-0.15, -0.1) is 0 Å². The van der Waals surface area contributed by atoms with Crippen LogP contribution in [0.2, 0.25) is 0 Å². The molecule has 132 valence electrons. The van der Waals surface area contributed by atoms with Crippen LogP contribution in [0.15, 0.2) is 36.4 Å². The Kier molecular flexibility index (Phi) is 5.31. The summed E-state index contributed by atoms with van der Waals surface area (Å²) < 4.78 is 0. The van der Waals surface area contributed by atoms with Gasteiger partial charge in [0.2, 0.25) is 5.95 Å². The summed E-state index contributed by atoms with van der Waals surface area (Å²) in [6.07, 6.45) is 2.38. The molecule has 1 amide bonds. The number of amides is 1. The first-order valence-electron chi connectivity index (χ1n) is 8.99. The maximum Gasteiger partial charge on any atom is 0.270 e. The van der Waals surface area contributed by atoms with Gasteiger partial charge in [-0.3, -0.25) is 4.79 Å². The minimum atomic E-state index is -0.159. The summed E-state index contributed by atoms with van der Waals surface area (Å²) in [7, 11) is 0. The zero-order valence-electron chi connectivity index (χ0n) is 15.2. The summed E-state index contributed by atoms with van der Waals surface area (Å²) in [5, 5.41) is 3.03. The van der Waals surface area contributed by atoms with Gasteiger partial charge in [-0.25, -0.2) is 9.97 Å². The second-order valence-electron chi connectivity index (χ2n) is 6.99. The standard InChI is InChI=1S/C20H26N4O/c1-14-8-7-11-24(13-14)20-21-15(2)12-18(23-20)19(25)22-16(3)17-9-5-4-6-10-17/h4-6,9-10,12,14,16H,7-8,11,13H2,1-3H3,(H,22,25). The number of aryl methyl sites for hydroxylation is 1. The van der Waals surface area contributed by atoms with E-state index in [1.807, 2.05) is 44.2 Å². The van der Waals surface area contributed by atoms with Crippen molar-refractivity contribution in [2.45, 2.75) is 39.7 Å². The minimum Gasteiger partial charge on any atom is -0.344 e. The van der Waals surface area contributed by atoms with E-state index >= 15 is 0 Å². The fourth-order valence-corrected chi connectivity index (χ4v) is 3.28. The van der Waals surface area contributed by atoms with Crippen molar-refractivity contribution < 1.29 is 4.79 Å². The number of nitrogens with one attached hydrogen (secondary N) is 1. The third kappa shape index (κ3) is 4.35. The number of hydrogen-bond acceptors (Lipinski definition) is 4. The van der Waals surface area contributed by atoms with Crippen molar-refractivity contribution in [2.24, 2.45) is 5.92 Å². The molecule has 25 heavy (non-hydrogen) atoms. The topological polar surface area (TPSA) is 58.1 Å². The number of hydrogen-bond donors (Lipinski definition) is 1. The summed E-state index contributed by atoms with van der Waals surface area (Å²) in [6.45, 7) is 8.04. The molecule has 1 aliphatic rings. The van der Waals surface area contributed by atoms with Crippen LogP contribution in [0.25, 0.3) is 0 Å². The molecule has 3 rings (SSSR count). The summed E-state index contributed by atoms with van der Waals surface area (Å²) in [4.78, 5) is 23.9. The van der Waals surface area contributed by atoms with Crippen molar-refractivity contribution in [3.05, 3.63) is 53.3 Å². The molecule has 2 aromatic rings. The zero-order chi connectivity index (χ0) is 17.8. The zero-order valence-corrected chi connectivity index (χ0v) is 15.2. The molecule has 2 heterocycles. The highest BCUT2D eigenvalue weighted by Crippen LogP contribution is 2.21. The average Bonchev–Trinajstić information content (AvgIpc) is 2.62. The number of piperidine rings is 1. The van der Waals surface area contributed by atoms with Crippen molar-refractivity contribution in [1.29, 1.82) is 0 Å². The molecule has 0 radical (unpaired) electrons. The van der Waals surface area contributed by atoms with E-state index in [4.69, 9.17) is 0 Å². The van der Waals surface area contributed by atoms with Crippen molar-refractivity contribution in [3.63, 3.8) is 0 Å². The van der Waals surface area contributed by atoms with E-state index in [0.717, 1.165) is 30.8 Å². The molecule has 0 saturated carbocycles. The van der Waals surface area contributed by atoms with Gasteiger partial charge in [-0.2, -0.15) is 0 Å². The van der Waals surface area contributed by atoms with Crippen LogP contribution in [-0.2, 0) is 0 Å². The number of nitrogens with zero attached hydrogens (tertiary/aromatic N) is 3. The van der Waals surface area contributed by atoms with Gasteiger partial charge in [0.15, 0.2) is 0 Å². The summed E-state index contributed by atoms with van der Waals surface area (Å²) in [5.41, 5.74) is 2.33. The minimum absolute atomic E-state index is 0.0672. The van der Waals surface area contributed by atoms with Gasteiger partial charge in [-0.1, -0.05) is 37.3 Å². The van der Waals surface area contributed by atoms with Crippen LogP contribution in [0.1, 0.15) is 54.5 Å². The van der Waals surface area contributed by atoms with Gasteiger partial charge in [0.25, 0.3) is 5.91 Å². The van der Waals surface area contributed by atoms with E-state index < -0.39 is 0 Å². The lowest BCUT2D eigenvalue weighted by Crippen LogP contribution is -2.36. The van der Waals surface area contributed by atoms with Gasteiger partial charge in [0.1, 0.15) is 5.69 Å². The van der Waals surface area contributed by atoms with Gasteiger partial charge in [0.05, 0.1) is 6.04 Å². The number of anilines is 1.